The molecule has 0 aliphatic carbocycles. The lowest BCUT2D eigenvalue weighted by molar-refractivity contribution is -0.142. The molecular weight excluding hydrogens is 1950 g/mol. The number of Topliss-reactive ketones (excluding diaryl/α,β-unsaturated/α-hetero) is 5. The van der Waals surface area contributed by atoms with Gasteiger partial charge in [0.15, 0.2) is 81.2 Å². The van der Waals surface area contributed by atoms with Crippen LogP contribution in [0.5, 0.6) is 46.0 Å². The Morgan fingerprint density at radius 3 is 1.42 bits per heavy atom. The lowest BCUT2D eigenvalue weighted by Crippen LogP contribution is -2.26. The Morgan fingerprint density at radius 2 is 0.943 bits per heavy atom. The number of aromatic nitrogens is 1. The fraction of sp³-hybridized carbons (Fsp3) is 0.265. The predicted octanol–water partition coefficient (Wildman–Crippen LogP) is 20.3. The Morgan fingerprint density at radius 1 is 0.504 bits per heavy atom. The van der Waals surface area contributed by atoms with Crippen LogP contribution < -0.4 is 14.2 Å². The van der Waals surface area contributed by atoms with E-state index in [1.54, 1.807) is 133 Å². The van der Waals surface area contributed by atoms with Crippen molar-refractivity contribution < 1.29 is 143 Å². The predicted molar refractivity (Wildman–Crippen MR) is 533 cm³/mol. The minimum Gasteiger partial charge on any atom is -0.508 e. The third-order valence-electron chi connectivity index (χ3n) is 20.3. The van der Waals surface area contributed by atoms with Crippen molar-refractivity contribution in [1.29, 1.82) is 0 Å². The van der Waals surface area contributed by atoms with Crippen LogP contribution >= 0.6 is 51.1 Å². The molecule has 0 amide bonds. The largest absolute Gasteiger partial charge is 0.508 e. The Hall–Kier alpha value is -15.0. The zero-order chi connectivity index (χ0) is 101. The number of aryl methyl sites for hydroxylation is 3. The number of furan rings is 6. The first-order chi connectivity index (χ1) is 67.2. The number of ether oxygens (including phenoxy) is 9. The summed E-state index contributed by atoms with van der Waals surface area (Å²) in [7, 11) is 3.09. The fourth-order valence-corrected chi connectivity index (χ4v) is 16.0. The Bertz CT molecular complexity index is 7060. The van der Waals surface area contributed by atoms with Crippen LogP contribution in [0.1, 0.15) is 149 Å². The highest BCUT2D eigenvalue weighted by Crippen LogP contribution is 2.47. The molecule has 4 aliphatic heterocycles. The van der Waals surface area contributed by atoms with Crippen LogP contribution in [-0.4, -0.2) is 201 Å². The van der Waals surface area contributed by atoms with Gasteiger partial charge in [-0.05, 0) is 231 Å². The van der Waals surface area contributed by atoms with Crippen molar-refractivity contribution in [3.63, 3.8) is 0 Å². The van der Waals surface area contributed by atoms with E-state index in [0.717, 1.165) is 77.5 Å². The summed E-state index contributed by atoms with van der Waals surface area (Å²) >= 11 is 10.7. The maximum Gasteiger partial charge on any atom is 0.347 e. The molecule has 0 saturated heterocycles. The van der Waals surface area contributed by atoms with Gasteiger partial charge in [-0.1, -0.05) is 29.4 Å². The number of fused-ring (bicyclic) bond motifs is 8. The maximum atomic E-state index is 12.6. The molecule has 1 atom stereocenters. The molecule has 4 aliphatic rings. The second kappa shape index (κ2) is 51.1. The number of alkyl halides is 2. The van der Waals surface area contributed by atoms with Crippen molar-refractivity contribution in [3.8, 4) is 46.0 Å². The van der Waals surface area contributed by atoms with Crippen LogP contribution in [0, 0.1) is 20.8 Å². The molecule has 0 fully saturated rings. The van der Waals surface area contributed by atoms with Crippen LogP contribution in [0.25, 0.3) is 77.2 Å². The number of thioether (sulfide) groups is 2. The molecular formula is C102H101BrClN5O30S2. The zero-order valence-corrected chi connectivity index (χ0v) is 81.7. The third kappa shape index (κ3) is 27.8. The van der Waals surface area contributed by atoms with Gasteiger partial charge in [0.2, 0.25) is 11.6 Å². The average Bonchev–Trinajstić information content (AvgIpc) is 1.60. The van der Waals surface area contributed by atoms with Gasteiger partial charge in [0.25, 0.3) is 0 Å². The standard InChI is InChI=1S/C23H21N3O4S.C17H16N2O4S.C15H16O6.C14H13BrO5.C12H12O4.C10H8O3.C7H6O3.C3H5ClO.CH4/c1-3-28-22(27)21-20(26-10-9-25-23(26)31-21)19-11-16-14(2)17(6-7-18(16)30-19)29-13-15-5-4-8-24-12-15;1-3-22-16(21)15-14(19-7-6-18-17(19)24-15)13-8-10-9(2)11(20)4-5-12(10)23-13;1-3-19-15(17)8-12(16)14-7-10-6-11(20-9-18-2)4-5-13(10)21-14;1-3-19-14(18)12(15)13(17)11-6-8-7(2)9(16)4-5-10(8)20-11;1-8(13)12-6-9-5-10(15-7-14-2)3-4-11(9)16-12;1-6(11)10-5-7-4-8(12)2-3-9(7)13-10;8-4-5-3-6(9)1-2-7(5)10;1-3(5)2-4;/h4-8,11-12H,3,9-10,13H2,1-2H3;4-5,8,20H,3,6-7H2,1-2H3;4-7H,3,8-9H2,1-2H3;4-6,12,16H,3H2,1-2H3;3-6H,7H2,1-2H3;2-5,12H,1H3;1-4,9-10H;2H2,1H3;1H4. The van der Waals surface area contributed by atoms with E-state index in [4.69, 9.17) is 96.1 Å². The molecule has 0 saturated carbocycles. The highest BCUT2D eigenvalue weighted by atomic mass is 79.9. The van der Waals surface area contributed by atoms with E-state index in [1.807, 2.05) is 66.1 Å². The Labute approximate surface area is 829 Å². The van der Waals surface area contributed by atoms with Crippen molar-refractivity contribution in [2.24, 2.45) is 9.98 Å². The molecule has 1 unspecified atom stereocenters. The van der Waals surface area contributed by atoms with E-state index < -0.39 is 28.3 Å². The van der Waals surface area contributed by atoms with Gasteiger partial charge in [-0.25, -0.2) is 9.59 Å². The van der Waals surface area contributed by atoms with Crippen LogP contribution in [0.3, 0.4) is 0 Å². The second-order valence-electron chi connectivity index (χ2n) is 30.2. The second-order valence-corrected chi connectivity index (χ2v) is 33.3. The number of aliphatic imine (C=N–C) groups is 2. The summed E-state index contributed by atoms with van der Waals surface area (Å²) in [6, 6.07) is 43.3. The number of methoxy groups -OCH3 is 2. The molecule has 0 radical (unpaired) electrons. The van der Waals surface area contributed by atoms with Crippen molar-refractivity contribution in [1.82, 2.24) is 14.8 Å². The van der Waals surface area contributed by atoms with Crippen molar-refractivity contribution in [3.05, 3.63) is 242 Å². The fourth-order valence-electron chi connectivity index (χ4n) is 13.5. The molecule has 0 spiro atoms. The molecule has 35 nitrogen and oxygen atoms in total. The average molecular weight is 2060 g/mol. The molecule has 7 aromatic heterocycles. The molecule has 5 N–H and O–H groups in total. The summed E-state index contributed by atoms with van der Waals surface area (Å²) in [5, 5.41) is 52.7. The van der Waals surface area contributed by atoms with Gasteiger partial charge >= 0.3 is 23.9 Å². The number of pyridine rings is 1. The number of carbonyl (C=O) groups excluding carboxylic acids is 10. The first-order valence-electron chi connectivity index (χ1n) is 43.2. The topological polar surface area (TPSA) is 478 Å². The molecule has 14 aromatic rings. The van der Waals surface area contributed by atoms with E-state index in [-0.39, 0.29) is 122 Å². The number of phenols is 5. The highest BCUT2D eigenvalue weighted by molar-refractivity contribution is 9.10. The van der Waals surface area contributed by atoms with E-state index >= 15 is 0 Å². The number of nitrogens with zero attached hydrogens (tertiary/aromatic N) is 5. The van der Waals surface area contributed by atoms with Crippen LogP contribution in [0.15, 0.2) is 216 Å². The number of halogens is 2. The number of phenolic OH excluding ortho intramolecular Hbond substituents is 5. The number of hydrogen-bond acceptors (Lipinski definition) is 37. The number of rotatable bonds is 27. The lowest BCUT2D eigenvalue weighted by atomic mass is 10.1. The number of benzene rings is 7. The van der Waals surface area contributed by atoms with Crippen molar-refractivity contribution >= 4 is 198 Å². The summed E-state index contributed by atoms with van der Waals surface area (Å²) in [5.41, 5.74) is 8.61. The monoisotopic (exact) mass is 2050 g/mol. The molecule has 0 bridgehead atoms. The van der Waals surface area contributed by atoms with E-state index in [1.165, 1.54) is 87.8 Å². The number of carbonyl (C=O) groups is 10. The molecule has 141 heavy (non-hydrogen) atoms. The van der Waals surface area contributed by atoms with Crippen LogP contribution in [0.4, 0.5) is 0 Å². The van der Waals surface area contributed by atoms with Crippen LogP contribution in [-0.2, 0) is 59.0 Å². The molecule has 7 aromatic carbocycles. The summed E-state index contributed by atoms with van der Waals surface area (Å²) in [4.78, 5) is 131. The zero-order valence-electron chi connectivity index (χ0n) is 77.8. The molecule has 18 rings (SSSR count). The SMILES string of the molecule is C.CC(=O)CCl.CC(=O)c1cc2cc(O)ccc2o1.CCOC(=O)C(Br)C(=O)c1cc2c(C)c(O)ccc2o1.CCOC(=O)C1=C(c2cc3c(C)c(O)ccc3o2)N2CCN=C2S1.CCOC(=O)C1=C(c2cc3c(C)c(OCc4cccnc4)ccc3o2)N2CCN=C2S1.CCOC(=O)CC(=O)c1cc2cc(OCOC)ccc2o1.COCOc1ccc2oc(C(C)=O)cc2c1.O=Cc1cc(O)ccc1O. The first-order valence-corrected chi connectivity index (χ1v) is 46.2. The molecule has 11 heterocycles. The van der Waals surface area contributed by atoms with E-state index in [2.05, 4.69) is 30.9 Å². The quantitative estimate of drug-likeness (QED) is 0.00466. The van der Waals surface area contributed by atoms with Gasteiger partial charge in [-0.15, -0.1) is 11.6 Å². The number of amidine groups is 2. The minimum atomic E-state index is -1.10. The molecule has 39 heteroatoms. The summed E-state index contributed by atoms with van der Waals surface area (Å²) < 4.78 is 79.8. The number of aldehydes is 1. The lowest BCUT2D eigenvalue weighted by Gasteiger charge is -2.14. The van der Waals surface area contributed by atoms with Gasteiger partial charge < -0.3 is 104 Å². The van der Waals surface area contributed by atoms with Gasteiger partial charge in [0, 0.05) is 108 Å². The first kappa shape index (κ1) is 108. The number of ketones is 5. The number of aromatic hydroxyl groups is 5. The minimum absolute atomic E-state index is 0. The number of hydrogen-bond donors (Lipinski definition) is 5. The summed E-state index contributed by atoms with van der Waals surface area (Å²) in [5.74, 6) is 1.61. The number of esters is 4. The third-order valence-corrected chi connectivity index (χ3v) is 23.7. The van der Waals surface area contributed by atoms with Crippen molar-refractivity contribution in [2.75, 3.05) is 86.3 Å². The van der Waals surface area contributed by atoms with E-state index in [0.29, 0.717) is 135 Å². The van der Waals surface area contributed by atoms with E-state index in [9.17, 15) is 58.2 Å². The van der Waals surface area contributed by atoms with Gasteiger partial charge in [0.1, 0.15) is 120 Å². The van der Waals surface area contributed by atoms with Gasteiger partial charge in [0.05, 0.1) is 51.0 Å². The van der Waals surface area contributed by atoms with Gasteiger partial charge in [-0.3, -0.25) is 53.3 Å². The summed E-state index contributed by atoms with van der Waals surface area (Å²) in [6.45, 7) is 21.5. The Kier molecular flexibility index (Phi) is 39.2. The molecule has 740 valence electrons. The van der Waals surface area contributed by atoms with Gasteiger partial charge in [-0.2, -0.15) is 0 Å². The smallest absolute Gasteiger partial charge is 0.347 e. The van der Waals surface area contributed by atoms with Crippen LogP contribution in [0.2, 0.25) is 0 Å². The maximum absolute atomic E-state index is 12.6. The Balaban J connectivity index is 0.000000171. The van der Waals surface area contributed by atoms with Crippen molar-refractivity contribution in [2.45, 2.75) is 94.5 Å². The normalized spacial score (nSPS) is 12.7. The summed E-state index contributed by atoms with van der Waals surface area (Å²) in [6.07, 6.45) is 3.68. The highest BCUT2D eigenvalue weighted by Gasteiger charge is 2.41.